The van der Waals surface area contributed by atoms with Gasteiger partial charge in [0.2, 0.25) is 0 Å². The summed E-state index contributed by atoms with van der Waals surface area (Å²) >= 11 is 0. The molecule has 3 nitrogen and oxygen atoms in total. The Hall–Kier alpha value is -1.34. The van der Waals surface area contributed by atoms with Crippen LogP contribution in [0.25, 0.3) is 11.1 Å². The number of rotatable bonds is 7. The number of fused-ring (bicyclic) bond motifs is 1. The first-order valence-electron chi connectivity index (χ1n) is 7.39. The molecule has 0 N–H and O–H groups in total. The van der Waals surface area contributed by atoms with Crippen LogP contribution in [0.4, 0.5) is 8.78 Å². The fourth-order valence-electron chi connectivity index (χ4n) is 2.48. The molecule has 120 valence electrons. The lowest BCUT2D eigenvalue weighted by atomic mass is 10.2. The minimum Gasteiger partial charge on any atom is -0.370 e. The van der Waals surface area contributed by atoms with E-state index in [4.69, 9.17) is 13.3 Å². The number of halogens is 2. The Labute approximate surface area is 130 Å². The zero-order chi connectivity index (χ0) is 16.2. The fourth-order valence-corrected chi connectivity index (χ4v) is 5.11. The quantitative estimate of drug-likeness (QED) is 0.731. The summed E-state index contributed by atoms with van der Waals surface area (Å²) in [5.41, 5.74) is 0.405. The van der Waals surface area contributed by atoms with Gasteiger partial charge < -0.3 is 13.3 Å². The Bertz CT molecular complexity index is 553. The highest BCUT2D eigenvalue weighted by Crippen LogP contribution is 2.31. The SMILES string of the molecule is CCO[Si](OCC)(OCC)c1c(F)c2cccccc-2c1F. The molecule has 0 bridgehead atoms. The highest BCUT2D eigenvalue weighted by atomic mass is 28.4. The Kier molecular flexibility index (Phi) is 5.63. The van der Waals surface area contributed by atoms with Crippen molar-refractivity contribution in [2.45, 2.75) is 20.8 Å². The van der Waals surface area contributed by atoms with Crippen LogP contribution in [0.1, 0.15) is 20.8 Å². The lowest BCUT2D eigenvalue weighted by Gasteiger charge is -2.27. The molecule has 0 heterocycles. The molecule has 0 amide bonds. The first kappa shape index (κ1) is 17.0. The van der Waals surface area contributed by atoms with Gasteiger partial charge in [-0.05, 0) is 20.8 Å². The third kappa shape index (κ3) is 2.92. The lowest BCUT2D eigenvalue weighted by Crippen LogP contribution is -2.58. The summed E-state index contributed by atoms with van der Waals surface area (Å²) < 4.78 is 46.6. The van der Waals surface area contributed by atoms with Gasteiger partial charge in [-0.1, -0.05) is 30.3 Å². The standard InChI is InChI=1S/C16H20F2O3Si/c1-4-19-22(20-5-2,21-6-3)16-14(17)12-10-8-7-9-11-13(12)15(16)18/h7-11H,4-6H2,1-3H3. The molecule has 0 aromatic heterocycles. The highest BCUT2D eigenvalue weighted by molar-refractivity contribution is 6.76. The van der Waals surface area contributed by atoms with Crippen LogP contribution in [0.5, 0.6) is 0 Å². The minimum atomic E-state index is -3.62. The predicted octanol–water partition coefficient (Wildman–Crippen LogP) is 3.33. The van der Waals surface area contributed by atoms with Crippen molar-refractivity contribution in [2.24, 2.45) is 0 Å². The molecule has 2 aliphatic rings. The van der Waals surface area contributed by atoms with Gasteiger partial charge in [-0.15, -0.1) is 0 Å². The summed E-state index contributed by atoms with van der Waals surface area (Å²) in [7, 11) is -3.62. The molecule has 6 heteroatoms. The van der Waals surface area contributed by atoms with Crippen molar-refractivity contribution in [1.29, 1.82) is 0 Å². The molecule has 0 aliphatic heterocycles. The van der Waals surface area contributed by atoms with Crippen molar-refractivity contribution < 1.29 is 22.1 Å². The van der Waals surface area contributed by atoms with Gasteiger partial charge in [0.25, 0.3) is 0 Å². The van der Waals surface area contributed by atoms with E-state index in [0.29, 0.717) is 0 Å². The van der Waals surface area contributed by atoms with E-state index < -0.39 is 20.4 Å². The maximum Gasteiger partial charge on any atom is 0.543 e. The van der Waals surface area contributed by atoms with Crippen molar-refractivity contribution >= 4 is 14.0 Å². The van der Waals surface area contributed by atoms with E-state index in [1.54, 1.807) is 51.1 Å². The molecule has 0 saturated heterocycles. The van der Waals surface area contributed by atoms with Gasteiger partial charge in [0.1, 0.15) is 11.6 Å². The molecule has 2 aliphatic carbocycles. The summed E-state index contributed by atoms with van der Waals surface area (Å²) in [5.74, 6) is -1.32. The van der Waals surface area contributed by atoms with Crippen LogP contribution in [0.2, 0.25) is 0 Å². The summed E-state index contributed by atoms with van der Waals surface area (Å²) in [4.78, 5) is 0. The predicted molar refractivity (Wildman–Crippen MR) is 83.2 cm³/mol. The minimum absolute atomic E-state index is 0.195. The molecule has 0 radical (unpaired) electrons. The van der Waals surface area contributed by atoms with Gasteiger partial charge in [0, 0.05) is 30.9 Å². The van der Waals surface area contributed by atoms with E-state index in [2.05, 4.69) is 0 Å². The van der Waals surface area contributed by atoms with Gasteiger partial charge in [-0.2, -0.15) is 0 Å². The van der Waals surface area contributed by atoms with Crippen LogP contribution in [0.3, 0.4) is 0 Å². The average molecular weight is 326 g/mol. The molecule has 22 heavy (non-hydrogen) atoms. The number of hydrogen-bond donors (Lipinski definition) is 0. The Morgan fingerprint density at radius 3 is 1.55 bits per heavy atom. The second-order valence-corrected chi connectivity index (χ2v) is 7.07. The van der Waals surface area contributed by atoms with E-state index in [0.717, 1.165) is 0 Å². The summed E-state index contributed by atoms with van der Waals surface area (Å²) in [6, 6.07) is 8.14. The number of hydrogen-bond acceptors (Lipinski definition) is 3. The second kappa shape index (κ2) is 7.28. The van der Waals surface area contributed by atoms with E-state index in [1.807, 2.05) is 0 Å². The topological polar surface area (TPSA) is 27.7 Å². The third-order valence-corrected chi connectivity index (χ3v) is 6.32. The van der Waals surface area contributed by atoms with Gasteiger partial charge in [0.05, 0.1) is 5.19 Å². The Balaban J connectivity index is 2.71. The van der Waals surface area contributed by atoms with E-state index in [9.17, 15) is 8.78 Å². The third-order valence-electron chi connectivity index (χ3n) is 3.26. The van der Waals surface area contributed by atoms with Crippen LogP contribution in [-0.2, 0) is 13.3 Å². The average Bonchev–Trinajstić information content (AvgIpc) is 2.67. The van der Waals surface area contributed by atoms with Crippen LogP contribution in [0, 0.1) is 11.6 Å². The molecular formula is C16H20F2O3Si. The van der Waals surface area contributed by atoms with Crippen LogP contribution >= 0.6 is 0 Å². The molecule has 2 rings (SSSR count). The van der Waals surface area contributed by atoms with Crippen LogP contribution in [-0.4, -0.2) is 28.6 Å². The van der Waals surface area contributed by atoms with E-state index >= 15 is 0 Å². The maximum absolute atomic E-state index is 14.9. The normalized spacial score (nSPS) is 12.0. The molecule has 0 unspecified atom stereocenters. The van der Waals surface area contributed by atoms with E-state index in [1.165, 1.54) is 0 Å². The summed E-state index contributed by atoms with van der Waals surface area (Å²) in [6.45, 7) is 6.00. The van der Waals surface area contributed by atoms with E-state index in [-0.39, 0.29) is 36.1 Å². The zero-order valence-corrected chi connectivity index (χ0v) is 14.0. The Morgan fingerprint density at radius 2 is 1.18 bits per heavy atom. The van der Waals surface area contributed by atoms with Crippen molar-refractivity contribution in [1.82, 2.24) is 0 Å². The van der Waals surface area contributed by atoms with Crippen molar-refractivity contribution in [2.75, 3.05) is 19.8 Å². The van der Waals surface area contributed by atoms with Crippen molar-refractivity contribution in [3.63, 3.8) is 0 Å². The summed E-state index contributed by atoms with van der Waals surface area (Å²) in [5, 5.41) is -0.195. The lowest BCUT2D eigenvalue weighted by molar-refractivity contribution is 0.0846. The smallest absolute Gasteiger partial charge is 0.370 e. The van der Waals surface area contributed by atoms with Crippen LogP contribution < -0.4 is 5.19 Å². The van der Waals surface area contributed by atoms with Gasteiger partial charge in [-0.25, -0.2) is 8.78 Å². The molecule has 0 aromatic carbocycles. The molecule has 0 atom stereocenters. The first-order chi connectivity index (χ1) is 10.6. The van der Waals surface area contributed by atoms with Gasteiger partial charge >= 0.3 is 8.80 Å². The monoisotopic (exact) mass is 326 g/mol. The van der Waals surface area contributed by atoms with Crippen LogP contribution in [0.15, 0.2) is 30.3 Å². The fraction of sp³-hybridized carbons (Fsp3) is 0.375. The summed E-state index contributed by atoms with van der Waals surface area (Å²) in [6.07, 6.45) is 0. The first-order valence-corrected chi connectivity index (χ1v) is 9.11. The maximum atomic E-state index is 14.9. The molecule has 0 fully saturated rings. The molecular weight excluding hydrogens is 306 g/mol. The van der Waals surface area contributed by atoms with Gasteiger partial charge in [0.15, 0.2) is 0 Å². The van der Waals surface area contributed by atoms with Gasteiger partial charge in [-0.3, -0.25) is 0 Å². The Morgan fingerprint density at radius 1 is 0.773 bits per heavy atom. The second-order valence-electron chi connectivity index (χ2n) is 4.60. The highest BCUT2D eigenvalue weighted by Gasteiger charge is 2.50. The van der Waals surface area contributed by atoms with Crippen molar-refractivity contribution in [3.8, 4) is 11.1 Å². The molecule has 0 spiro atoms. The largest absolute Gasteiger partial charge is 0.543 e. The molecule has 0 saturated carbocycles. The zero-order valence-electron chi connectivity index (χ0n) is 13.0. The van der Waals surface area contributed by atoms with Crippen molar-refractivity contribution in [3.05, 3.63) is 42.0 Å². The molecule has 0 aromatic rings.